The number of nitrogens with one attached hydrogen (secondary N) is 1. The van der Waals surface area contributed by atoms with Gasteiger partial charge in [0.2, 0.25) is 0 Å². The van der Waals surface area contributed by atoms with Crippen LogP contribution in [-0.4, -0.2) is 65.0 Å². The number of hydrogen-bond donors (Lipinski definition) is 1. The maximum atomic E-state index is 12.1. The van der Waals surface area contributed by atoms with Crippen LogP contribution in [0.25, 0.3) is 11.3 Å². The Labute approximate surface area is 135 Å². The van der Waals surface area contributed by atoms with Crippen LogP contribution in [0.3, 0.4) is 0 Å². The van der Waals surface area contributed by atoms with Gasteiger partial charge in [0.15, 0.2) is 0 Å². The van der Waals surface area contributed by atoms with Gasteiger partial charge in [-0.3, -0.25) is 19.4 Å². The molecule has 1 aliphatic heterocycles. The Morgan fingerprint density at radius 2 is 2.13 bits per heavy atom. The Morgan fingerprint density at radius 3 is 2.78 bits per heavy atom. The molecule has 3 heterocycles. The molecular weight excluding hydrogens is 294 g/mol. The number of carbonyl (C=O) groups is 1. The van der Waals surface area contributed by atoms with Crippen molar-refractivity contribution < 1.29 is 9.53 Å². The minimum Gasteiger partial charge on any atom is -0.379 e. The van der Waals surface area contributed by atoms with E-state index >= 15 is 0 Å². The summed E-state index contributed by atoms with van der Waals surface area (Å²) in [6.07, 6.45) is 5.25. The minimum atomic E-state index is -0.0940. The molecule has 0 saturated carbocycles. The smallest absolute Gasteiger partial charge is 0.252 e. The molecule has 7 heteroatoms. The summed E-state index contributed by atoms with van der Waals surface area (Å²) in [5.74, 6) is -0.0940. The number of rotatable bonds is 5. The van der Waals surface area contributed by atoms with E-state index in [1.54, 1.807) is 23.1 Å². The second-order valence-corrected chi connectivity index (χ2v) is 5.54. The maximum absolute atomic E-state index is 12.1. The second-order valence-electron chi connectivity index (χ2n) is 5.54. The lowest BCUT2D eigenvalue weighted by Crippen LogP contribution is -2.41. The van der Waals surface area contributed by atoms with Gasteiger partial charge in [-0.1, -0.05) is 0 Å². The van der Waals surface area contributed by atoms with Crippen LogP contribution in [0.2, 0.25) is 0 Å². The average molecular weight is 315 g/mol. The first-order valence-corrected chi connectivity index (χ1v) is 7.76. The summed E-state index contributed by atoms with van der Waals surface area (Å²) >= 11 is 0. The quantitative estimate of drug-likeness (QED) is 0.872. The van der Waals surface area contributed by atoms with Crippen molar-refractivity contribution in [2.75, 3.05) is 39.4 Å². The standard InChI is InChI=1S/C16H21N5O2/c1-20-12-14(11-19-20)15-3-2-13(10-18-15)16(22)17-4-5-21-6-8-23-9-7-21/h2-3,10-12H,4-9H2,1H3,(H,17,22). The minimum absolute atomic E-state index is 0.0940. The monoisotopic (exact) mass is 315 g/mol. The maximum Gasteiger partial charge on any atom is 0.252 e. The van der Waals surface area contributed by atoms with E-state index in [0.29, 0.717) is 12.1 Å². The number of carbonyl (C=O) groups excluding carboxylic acids is 1. The van der Waals surface area contributed by atoms with Crippen molar-refractivity contribution in [1.82, 2.24) is 25.0 Å². The molecule has 1 amide bonds. The fourth-order valence-corrected chi connectivity index (χ4v) is 2.51. The lowest BCUT2D eigenvalue weighted by atomic mass is 10.2. The Balaban J connectivity index is 1.51. The summed E-state index contributed by atoms with van der Waals surface area (Å²) in [5, 5.41) is 7.05. The molecule has 122 valence electrons. The predicted molar refractivity (Wildman–Crippen MR) is 86.0 cm³/mol. The van der Waals surface area contributed by atoms with Crippen molar-refractivity contribution in [3.05, 3.63) is 36.3 Å². The number of aryl methyl sites for hydroxylation is 1. The van der Waals surface area contributed by atoms with Crippen molar-refractivity contribution >= 4 is 5.91 Å². The van der Waals surface area contributed by atoms with Crippen LogP contribution in [0.4, 0.5) is 0 Å². The fraction of sp³-hybridized carbons (Fsp3) is 0.438. The van der Waals surface area contributed by atoms with Gasteiger partial charge in [-0.25, -0.2) is 0 Å². The summed E-state index contributed by atoms with van der Waals surface area (Å²) in [6.45, 7) is 4.87. The van der Waals surface area contributed by atoms with Gasteiger partial charge in [0.25, 0.3) is 5.91 Å². The summed E-state index contributed by atoms with van der Waals surface area (Å²) < 4.78 is 7.03. The Morgan fingerprint density at radius 1 is 1.30 bits per heavy atom. The largest absolute Gasteiger partial charge is 0.379 e. The van der Waals surface area contributed by atoms with Crippen molar-refractivity contribution in [3.63, 3.8) is 0 Å². The predicted octanol–water partition coefficient (Wildman–Crippen LogP) is 0.544. The Hall–Kier alpha value is -2.25. The molecule has 3 rings (SSSR count). The third kappa shape index (κ3) is 4.14. The molecule has 1 aliphatic rings. The van der Waals surface area contributed by atoms with Gasteiger partial charge in [0, 0.05) is 51.2 Å². The van der Waals surface area contributed by atoms with E-state index in [4.69, 9.17) is 4.74 Å². The molecule has 0 aromatic carbocycles. The molecule has 1 fully saturated rings. The first-order chi connectivity index (χ1) is 11.2. The third-order valence-corrected chi connectivity index (χ3v) is 3.84. The summed E-state index contributed by atoms with van der Waals surface area (Å²) in [5.41, 5.74) is 2.31. The van der Waals surface area contributed by atoms with Crippen LogP contribution in [-0.2, 0) is 11.8 Å². The van der Waals surface area contributed by atoms with Crippen molar-refractivity contribution in [1.29, 1.82) is 0 Å². The van der Waals surface area contributed by atoms with Crippen molar-refractivity contribution in [2.45, 2.75) is 0 Å². The van der Waals surface area contributed by atoms with Crippen LogP contribution in [0.15, 0.2) is 30.7 Å². The van der Waals surface area contributed by atoms with Gasteiger partial charge < -0.3 is 10.1 Å². The number of pyridine rings is 1. The molecule has 0 atom stereocenters. The van der Waals surface area contributed by atoms with E-state index in [9.17, 15) is 4.79 Å². The van der Waals surface area contributed by atoms with Crippen molar-refractivity contribution in [2.24, 2.45) is 7.05 Å². The zero-order chi connectivity index (χ0) is 16.1. The van der Waals surface area contributed by atoms with Gasteiger partial charge in [0.05, 0.1) is 30.7 Å². The van der Waals surface area contributed by atoms with E-state index in [1.807, 2.05) is 19.3 Å². The number of aromatic nitrogens is 3. The second kappa shape index (κ2) is 7.34. The van der Waals surface area contributed by atoms with Crippen LogP contribution in [0, 0.1) is 0 Å². The SMILES string of the molecule is Cn1cc(-c2ccc(C(=O)NCCN3CCOCC3)cn2)cn1. The highest BCUT2D eigenvalue weighted by Gasteiger charge is 2.11. The molecule has 2 aromatic heterocycles. The molecule has 0 spiro atoms. The number of ether oxygens (including phenoxy) is 1. The van der Waals surface area contributed by atoms with Crippen LogP contribution < -0.4 is 5.32 Å². The topological polar surface area (TPSA) is 72.3 Å². The van der Waals surface area contributed by atoms with E-state index < -0.39 is 0 Å². The van der Waals surface area contributed by atoms with Crippen LogP contribution in [0.1, 0.15) is 10.4 Å². The van der Waals surface area contributed by atoms with E-state index in [0.717, 1.165) is 44.1 Å². The molecular formula is C16H21N5O2. The molecule has 23 heavy (non-hydrogen) atoms. The Kier molecular flexibility index (Phi) is 4.99. The van der Waals surface area contributed by atoms with Gasteiger partial charge in [0.1, 0.15) is 0 Å². The van der Waals surface area contributed by atoms with Gasteiger partial charge in [-0.2, -0.15) is 5.10 Å². The Bertz CT molecular complexity index is 647. The molecule has 2 aromatic rings. The van der Waals surface area contributed by atoms with E-state index in [1.165, 1.54) is 0 Å². The summed E-state index contributed by atoms with van der Waals surface area (Å²) in [4.78, 5) is 18.8. The molecule has 7 nitrogen and oxygen atoms in total. The van der Waals surface area contributed by atoms with Crippen molar-refractivity contribution in [3.8, 4) is 11.3 Å². The number of morpholine rings is 1. The fourth-order valence-electron chi connectivity index (χ4n) is 2.51. The lowest BCUT2D eigenvalue weighted by Gasteiger charge is -2.26. The molecule has 0 radical (unpaired) electrons. The lowest BCUT2D eigenvalue weighted by molar-refractivity contribution is 0.0383. The van der Waals surface area contributed by atoms with E-state index in [2.05, 4.69) is 20.3 Å². The normalized spacial score (nSPS) is 15.5. The summed E-state index contributed by atoms with van der Waals surface area (Å²) in [6, 6.07) is 3.63. The number of nitrogens with zero attached hydrogens (tertiary/aromatic N) is 4. The molecule has 0 aliphatic carbocycles. The molecule has 1 N–H and O–H groups in total. The highest BCUT2D eigenvalue weighted by Crippen LogP contribution is 2.15. The molecule has 0 bridgehead atoms. The zero-order valence-electron chi connectivity index (χ0n) is 13.2. The highest BCUT2D eigenvalue weighted by atomic mass is 16.5. The number of hydrogen-bond acceptors (Lipinski definition) is 5. The average Bonchev–Trinajstić information content (AvgIpc) is 3.02. The van der Waals surface area contributed by atoms with Gasteiger partial charge in [-0.15, -0.1) is 0 Å². The molecule has 1 saturated heterocycles. The van der Waals surface area contributed by atoms with Gasteiger partial charge >= 0.3 is 0 Å². The van der Waals surface area contributed by atoms with Gasteiger partial charge in [-0.05, 0) is 12.1 Å². The first-order valence-electron chi connectivity index (χ1n) is 7.76. The number of amides is 1. The highest BCUT2D eigenvalue weighted by molar-refractivity contribution is 5.94. The zero-order valence-corrected chi connectivity index (χ0v) is 13.2. The summed E-state index contributed by atoms with van der Waals surface area (Å²) in [7, 11) is 1.86. The third-order valence-electron chi connectivity index (χ3n) is 3.84. The van der Waals surface area contributed by atoms with E-state index in [-0.39, 0.29) is 5.91 Å². The van der Waals surface area contributed by atoms with Crippen LogP contribution in [0.5, 0.6) is 0 Å². The molecule has 0 unspecified atom stereocenters. The van der Waals surface area contributed by atoms with Crippen LogP contribution >= 0.6 is 0 Å². The first kappa shape index (κ1) is 15.6.